The first-order chi connectivity index (χ1) is 32.4. The van der Waals surface area contributed by atoms with Crippen molar-refractivity contribution in [1.29, 1.82) is 0 Å². The Bertz CT molecular complexity index is 2910. The zero-order valence-electron chi connectivity index (χ0n) is 38.7. The molecule has 19 heteroatoms. The van der Waals surface area contributed by atoms with Crippen LogP contribution in [0.15, 0.2) is 101 Å². The highest BCUT2D eigenvalue weighted by Crippen LogP contribution is 2.30. The van der Waals surface area contributed by atoms with Crippen molar-refractivity contribution in [2.75, 3.05) is 49.2 Å². The van der Waals surface area contributed by atoms with Gasteiger partial charge in [-0.1, -0.05) is 63.2 Å². The number of β-amino-alcohol motifs (C(OH)–C–C–N with tert-alkyl or cyclic N) is 1. The van der Waals surface area contributed by atoms with Crippen LogP contribution >= 0.6 is 11.3 Å². The molecule has 3 aromatic carbocycles. The first-order valence-corrected chi connectivity index (χ1v) is 25.3. The third-order valence-electron chi connectivity index (χ3n) is 12.3. The highest BCUT2D eigenvalue weighted by molar-refractivity contribution is 7.90. The van der Waals surface area contributed by atoms with Crippen LogP contribution in [0, 0.1) is 12.3 Å². The van der Waals surface area contributed by atoms with E-state index < -0.39 is 45.3 Å². The summed E-state index contributed by atoms with van der Waals surface area (Å²) >= 11 is 1.57. The molecule has 6 aromatic rings. The van der Waals surface area contributed by atoms with Gasteiger partial charge in [0, 0.05) is 81.7 Å². The van der Waals surface area contributed by atoms with Crippen LogP contribution in [0.1, 0.15) is 51.3 Å². The fraction of sp³-hybridized carbons (Fsp3) is 0.367. The maximum Gasteiger partial charge on any atom is 0.247 e. The number of aromatic nitrogens is 4. The lowest BCUT2D eigenvalue weighted by Gasteiger charge is -2.36. The molecule has 356 valence electrons. The van der Waals surface area contributed by atoms with E-state index in [9.17, 15) is 32.7 Å². The van der Waals surface area contributed by atoms with Crippen molar-refractivity contribution in [2.45, 2.75) is 76.6 Å². The van der Waals surface area contributed by atoms with Gasteiger partial charge < -0.3 is 35.8 Å². The number of anilines is 3. The van der Waals surface area contributed by atoms with E-state index in [4.69, 9.17) is 0 Å². The molecule has 3 aromatic heterocycles. The molecule has 4 amide bonds. The Balaban J connectivity index is 0.800. The number of hydrogen-bond acceptors (Lipinski definition) is 13. The third-order valence-corrected chi connectivity index (χ3v) is 14.4. The highest BCUT2D eigenvalue weighted by atomic mass is 32.2. The molecule has 0 aliphatic carbocycles. The molecule has 3 atom stereocenters. The molecule has 0 spiro atoms. The average molecular weight is 961 g/mol. The number of sulfone groups is 1. The fourth-order valence-electron chi connectivity index (χ4n) is 8.54. The molecule has 0 saturated carbocycles. The van der Waals surface area contributed by atoms with Gasteiger partial charge in [-0.3, -0.25) is 19.2 Å². The number of carbonyl (C=O) groups excluding carboxylic acids is 4. The molecule has 8 rings (SSSR count). The van der Waals surface area contributed by atoms with Crippen LogP contribution in [0.2, 0.25) is 0 Å². The van der Waals surface area contributed by atoms with Crippen molar-refractivity contribution in [1.82, 2.24) is 40.0 Å². The molecule has 4 N–H and O–H groups in total. The largest absolute Gasteiger partial charge is 0.391 e. The first-order valence-electron chi connectivity index (χ1n) is 22.5. The maximum atomic E-state index is 14.1. The molecule has 2 fully saturated rings. The Kier molecular flexibility index (Phi) is 14.0. The Hall–Kier alpha value is -6.70. The number of aliphatic hydroxyl groups is 1. The van der Waals surface area contributed by atoms with Crippen LogP contribution in [0.5, 0.6) is 0 Å². The summed E-state index contributed by atoms with van der Waals surface area (Å²) in [6, 6.07) is 26.0. The van der Waals surface area contributed by atoms with Crippen LogP contribution in [0.3, 0.4) is 0 Å². The lowest BCUT2D eigenvalue weighted by atomic mass is 9.85. The van der Waals surface area contributed by atoms with Gasteiger partial charge in [-0.05, 0) is 72.0 Å². The van der Waals surface area contributed by atoms with E-state index in [1.54, 1.807) is 45.0 Å². The van der Waals surface area contributed by atoms with Gasteiger partial charge in [-0.15, -0.1) is 16.4 Å². The van der Waals surface area contributed by atoms with Crippen molar-refractivity contribution in [3.63, 3.8) is 0 Å². The van der Waals surface area contributed by atoms with E-state index in [0.29, 0.717) is 37.8 Å². The number of benzene rings is 3. The summed E-state index contributed by atoms with van der Waals surface area (Å²) in [7, 11) is -3.32. The highest BCUT2D eigenvalue weighted by Gasteiger charge is 2.44. The summed E-state index contributed by atoms with van der Waals surface area (Å²) in [5, 5.41) is 24.3. The monoisotopic (exact) mass is 960 g/mol. The Morgan fingerprint density at radius 1 is 0.882 bits per heavy atom. The summed E-state index contributed by atoms with van der Waals surface area (Å²) in [6.45, 7) is 9.80. The first kappa shape index (κ1) is 47.8. The summed E-state index contributed by atoms with van der Waals surface area (Å²) in [4.78, 5) is 69.9. The number of pyridine rings is 1. The van der Waals surface area contributed by atoms with Gasteiger partial charge in [0.1, 0.15) is 12.1 Å². The smallest absolute Gasteiger partial charge is 0.247 e. The van der Waals surface area contributed by atoms with Crippen molar-refractivity contribution in [3.8, 4) is 21.7 Å². The van der Waals surface area contributed by atoms with Crippen molar-refractivity contribution in [2.24, 2.45) is 5.41 Å². The lowest BCUT2D eigenvalue weighted by molar-refractivity contribution is -0.144. The summed E-state index contributed by atoms with van der Waals surface area (Å²) in [6.07, 6.45) is 0.228. The zero-order valence-corrected chi connectivity index (χ0v) is 40.3. The molecule has 2 aliphatic heterocycles. The number of nitrogens with zero attached hydrogens (tertiary/aromatic N) is 7. The second-order valence-electron chi connectivity index (χ2n) is 18.4. The van der Waals surface area contributed by atoms with Crippen LogP contribution in [0.25, 0.3) is 27.3 Å². The number of rotatable bonds is 14. The molecule has 0 unspecified atom stereocenters. The molecule has 17 nitrogen and oxygen atoms in total. The predicted molar refractivity (Wildman–Crippen MR) is 261 cm³/mol. The topological polar surface area (TPSA) is 212 Å². The van der Waals surface area contributed by atoms with Gasteiger partial charge in [0.05, 0.1) is 32.8 Å². The van der Waals surface area contributed by atoms with E-state index in [1.165, 1.54) is 11.2 Å². The minimum Gasteiger partial charge on any atom is -0.391 e. The number of likely N-dealkylation sites (tertiary alicyclic amines) is 1. The minimum atomic E-state index is -3.32. The van der Waals surface area contributed by atoms with Crippen molar-refractivity contribution < 1.29 is 32.7 Å². The molecular weight excluding hydrogens is 905 g/mol. The van der Waals surface area contributed by atoms with E-state index in [1.807, 2.05) is 99.9 Å². The maximum absolute atomic E-state index is 14.1. The summed E-state index contributed by atoms with van der Waals surface area (Å²) < 4.78 is 25.6. The van der Waals surface area contributed by atoms with Crippen LogP contribution in [0.4, 0.5) is 17.3 Å². The van der Waals surface area contributed by atoms with E-state index in [0.717, 1.165) is 44.3 Å². The number of thiazole rings is 1. The van der Waals surface area contributed by atoms with E-state index in [-0.39, 0.29) is 49.1 Å². The lowest BCUT2D eigenvalue weighted by Crippen LogP contribution is -2.57. The Morgan fingerprint density at radius 2 is 1.57 bits per heavy atom. The average Bonchev–Trinajstić information content (AvgIpc) is 4.06. The van der Waals surface area contributed by atoms with Crippen LogP contribution < -0.4 is 20.9 Å². The van der Waals surface area contributed by atoms with Crippen molar-refractivity contribution >= 4 is 67.8 Å². The van der Waals surface area contributed by atoms with Gasteiger partial charge in [-0.2, -0.15) is 4.98 Å². The third kappa shape index (κ3) is 11.0. The van der Waals surface area contributed by atoms with E-state index in [2.05, 4.69) is 35.9 Å². The van der Waals surface area contributed by atoms with Crippen LogP contribution in [-0.2, 0) is 35.6 Å². The molecule has 5 heterocycles. The molecule has 2 aliphatic rings. The van der Waals surface area contributed by atoms with Crippen molar-refractivity contribution in [3.05, 3.63) is 108 Å². The van der Waals surface area contributed by atoms with Gasteiger partial charge in [0.25, 0.3) is 0 Å². The van der Waals surface area contributed by atoms with Gasteiger partial charge >= 0.3 is 0 Å². The zero-order chi connectivity index (χ0) is 48.3. The van der Waals surface area contributed by atoms with Gasteiger partial charge in [0.15, 0.2) is 15.5 Å². The van der Waals surface area contributed by atoms with Gasteiger partial charge in [0.2, 0.25) is 29.6 Å². The number of carbonyl (C=O) groups is 4. The molecular formula is C49H56N10O7S2. The fourth-order valence-corrected chi connectivity index (χ4v) is 9.98. The number of fused-ring (bicyclic) bond motifs is 1. The SMILES string of the molecule is Cc1ncsc1-c1ccc(CNC(=O)[C@@H]2C[C@@H](O)CN2C(=O)[C@@H](NC(=O)CCC(=O)N2CCN(c3ccc(Nc4nc5cccc(-c6ccc(S(C)(=O)=O)cc6)n5n4)cc3)CC2)C(C)(C)C)cc1. The predicted octanol–water partition coefficient (Wildman–Crippen LogP) is 5.21. The molecule has 0 bridgehead atoms. The number of amides is 4. The minimum absolute atomic E-state index is 0.0242. The number of aliphatic hydroxyl groups excluding tert-OH is 1. The second kappa shape index (κ2) is 19.9. The Labute approximate surface area is 399 Å². The molecule has 0 radical (unpaired) electrons. The standard InChI is InChI=1S/C49H56N10O7S2/c1-31-44(67-30-51-31)34-11-9-32(10-12-34)28-50-46(63)40-27-37(60)29-58(40)47(64)45(49(2,3)4)54-42(61)21-22-43(62)57-25-23-56(24-26-57)36-17-15-35(16-18-36)52-48-53-41-8-6-7-39(59(41)55-48)33-13-19-38(20-14-33)68(5,65)66/h6-20,30,37,40,45,60H,21-29H2,1-5H3,(H,50,63)(H,52,55)(H,54,61)/t37-,40+,45-/m1/s1. The van der Waals surface area contributed by atoms with Gasteiger partial charge in [-0.25, -0.2) is 17.9 Å². The number of aryl methyl sites for hydroxylation is 1. The van der Waals surface area contributed by atoms with E-state index >= 15 is 0 Å². The molecule has 2 saturated heterocycles. The number of piperazine rings is 1. The Morgan fingerprint density at radius 3 is 2.22 bits per heavy atom. The molecule has 68 heavy (non-hydrogen) atoms. The normalized spacial score (nSPS) is 17.0. The summed E-state index contributed by atoms with van der Waals surface area (Å²) in [5.41, 5.74) is 7.90. The summed E-state index contributed by atoms with van der Waals surface area (Å²) in [5.74, 6) is -1.05. The quantitative estimate of drug-likeness (QED) is 0.111. The second-order valence-corrected chi connectivity index (χ2v) is 21.3. The number of hydrogen-bond donors (Lipinski definition) is 4. The number of nitrogens with one attached hydrogen (secondary N) is 3. The van der Waals surface area contributed by atoms with Crippen LogP contribution in [-0.4, -0.2) is 124 Å².